The number of nitrogens with one attached hydrogen (secondary N) is 2. The first-order valence-corrected chi connectivity index (χ1v) is 15.2. The zero-order valence-electron chi connectivity index (χ0n) is 20.0. The highest BCUT2D eigenvalue weighted by molar-refractivity contribution is 8.35. The predicted octanol–water partition coefficient (Wildman–Crippen LogP) is 4.57. The van der Waals surface area contributed by atoms with Crippen molar-refractivity contribution in [3.63, 3.8) is 0 Å². The van der Waals surface area contributed by atoms with Crippen molar-refractivity contribution in [3.05, 3.63) is 60.2 Å². The van der Waals surface area contributed by atoms with E-state index < -0.39 is 10.0 Å². The minimum absolute atomic E-state index is 0.568. The predicted molar refractivity (Wildman–Crippen MR) is 142 cm³/mol. The van der Waals surface area contributed by atoms with Gasteiger partial charge in [-0.3, -0.25) is 4.90 Å². The van der Waals surface area contributed by atoms with Gasteiger partial charge in [-0.05, 0) is 80.5 Å². The third kappa shape index (κ3) is 2.89. The van der Waals surface area contributed by atoms with Crippen LogP contribution in [0.15, 0.2) is 59.5 Å². The third-order valence-electron chi connectivity index (χ3n) is 9.76. The largest absolute Gasteiger partial charge is 0.309 e. The average molecular weight is 460 g/mol. The SMILES string of the molecule is CN1CCCC2B(c3ccccc3)C3CCCNC3S3(c4ccccc4C4NCCCC43)C21. The summed E-state index contributed by atoms with van der Waals surface area (Å²) in [6, 6.07) is 21.9. The maximum atomic E-state index is 4.26. The lowest BCUT2D eigenvalue weighted by molar-refractivity contribution is 0.235. The van der Waals surface area contributed by atoms with E-state index in [4.69, 9.17) is 0 Å². The van der Waals surface area contributed by atoms with Crippen LogP contribution in [0.25, 0.3) is 0 Å². The monoisotopic (exact) mass is 459 g/mol. The normalized spacial score (nSPS) is 42.0. The molecule has 4 saturated heterocycles. The first kappa shape index (κ1) is 21.1. The van der Waals surface area contributed by atoms with Crippen molar-refractivity contribution in [1.82, 2.24) is 15.5 Å². The Labute approximate surface area is 201 Å². The summed E-state index contributed by atoms with van der Waals surface area (Å²) in [5, 5.41) is 10.4. The zero-order valence-corrected chi connectivity index (χ0v) is 20.8. The minimum atomic E-state index is -1.06. The number of rotatable bonds is 1. The lowest BCUT2D eigenvalue weighted by atomic mass is 9.28. The van der Waals surface area contributed by atoms with Crippen LogP contribution in [0.5, 0.6) is 0 Å². The van der Waals surface area contributed by atoms with Gasteiger partial charge in [0.2, 0.25) is 0 Å². The van der Waals surface area contributed by atoms with Crippen LogP contribution in [-0.4, -0.2) is 54.3 Å². The van der Waals surface area contributed by atoms with E-state index in [0.717, 1.165) is 16.9 Å². The number of hydrogen-bond donors (Lipinski definition) is 2. The first-order valence-electron chi connectivity index (χ1n) is 13.4. The number of benzene rings is 2. The topological polar surface area (TPSA) is 27.3 Å². The maximum absolute atomic E-state index is 4.26. The molecule has 0 aliphatic carbocycles. The van der Waals surface area contributed by atoms with Crippen LogP contribution < -0.4 is 16.1 Å². The first-order chi connectivity index (χ1) is 16.3. The van der Waals surface area contributed by atoms with Gasteiger partial charge in [0, 0.05) is 22.0 Å². The van der Waals surface area contributed by atoms with E-state index in [1.54, 1.807) is 15.9 Å². The number of nitrogens with zero attached hydrogens (tertiary/aromatic N) is 1. The number of hydrogen-bond acceptors (Lipinski definition) is 3. The fraction of sp³-hybridized carbons (Fsp3) is 0.571. The summed E-state index contributed by atoms with van der Waals surface area (Å²) in [6.45, 7) is 4.34. The van der Waals surface area contributed by atoms with Crippen molar-refractivity contribution >= 4 is 22.2 Å². The second kappa shape index (κ2) is 8.15. The molecular formula is C28H38BN3S. The molecule has 2 N–H and O–H groups in total. The molecule has 7 unspecified atom stereocenters. The lowest BCUT2D eigenvalue weighted by Gasteiger charge is -2.68. The molecule has 174 valence electrons. The van der Waals surface area contributed by atoms with Crippen LogP contribution in [-0.2, 0) is 0 Å². The highest BCUT2D eigenvalue weighted by Crippen LogP contribution is 2.81. The number of piperidine rings is 3. The van der Waals surface area contributed by atoms with Gasteiger partial charge in [0.05, 0.1) is 0 Å². The van der Waals surface area contributed by atoms with Crippen molar-refractivity contribution < 1.29 is 0 Å². The van der Waals surface area contributed by atoms with Gasteiger partial charge in [-0.15, -0.1) is 0 Å². The average Bonchev–Trinajstić information content (AvgIpc) is 3.16. The lowest BCUT2D eigenvalue weighted by Crippen LogP contribution is -2.66. The fourth-order valence-corrected chi connectivity index (χ4v) is 15.8. The molecule has 2 aromatic rings. The minimum Gasteiger partial charge on any atom is -0.309 e. The third-order valence-corrected chi connectivity index (χ3v) is 15.3. The summed E-state index contributed by atoms with van der Waals surface area (Å²) in [4.78, 5) is 4.62. The molecule has 1 spiro atoms. The van der Waals surface area contributed by atoms with Crippen molar-refractivity contribution in [1.29, 1.82) is 0 Å². The molecule has 0 aromatic heterocycles. The Morgan fingerprint density at radius 2 is 1.61 bits per heavy atom. The van der Waals surface area contributed by atoms with Gasteiger partial charge in [0.15, 0.2) is 6.71 Å². The summed E-state index contributed by atoms with van der Waals surface area (Å²) in [5.74, 6) is 1.54. The van der Waals surface area contributed by atoms with Crippen LogP contribution in [0.1, 0.15) is 50.1 Å². The Bertz CT molecular complexity index is 1020. The Hall–Kier alpha value is -1.27. The highest BCUT2D eigenvalue weighted by Gasteiger charge is 2.66. The molecule has 0 saturated carbocycles. The second-order valence-electron chi connectivity index (χ2n) is 11.2. The molecule has 5 heterocycles. The molecule has 5 aliphatic heterocycles. The van der Waals surface area contributed by atoms with Gasteiger partial charge in [-0.1, -0.05) is 66.8 Å². The molecule has 7 atom stereocenters. The smallest absolute Gasteiger partial charge is 0.186 e. The molecule has 5 aliphatic rings. The summed E-state index contributed by atoms with van der Waals surface area (Å²) in [7, 11) is 1.41. The molecule has 7 rings (SSSR count). The maximum Gasteiger partial charge on any atom is 0.186 e. The molecule has 3 nitrogen and oxygen atoms in total. The summed E-state index contributed by atoms with van der Waals surface area (Å²) in [5.41, 5.74) is 3.26. The van der Waals surface area contributed by atoms with Crippen LogP contribution in [0.2, 0.25) is 11.6 Å². The molecule has 0 radical (unpaired) electrons. The zero-order chi connectivity index (χ0) is 22.0. The molecule has 33 heavy (non-hydrogen) atoms. The van der Waals surface area contributed by atoms with Crippen LogP contribution in [0.4, 0.5) is 0 Å². The van der Waals surface area contributed by atoms with E-state index in [-0.39, 0.29) is 0 Å². The van der Waals surface area contributed by atoms with E-state index in [2.05, 4.69) is 77.2 Å². The van der Waals surface area contributed by atoms with Gasteiger partial charge in [-0.25, -0.2) is 0 Å². The van der Waals surface area contributed by atoms with E-state index >= 15 is 0 Å². The highest BCUT2D eigenvalue weighted by atomic mass is 32.3. The number of likely N-dealkylation sites (tertiary alicyclic amines) is 1. The van der Waals surface area contributed by atoms with Gasteiger partial charge in [0.25, 0.3) is 0 Å². The van der Waals surface area contributed by atoms with Gasteiger partial charge in [0.1, 0.15) is 0 Å². The van der Waals surface area contributed by atoms with E-state index in [0.29, 0.717) is 23.5 Å². The van der Waals surface area contributed by atoms with Gasteiger partial charge >= 0.3 is 0 Å². The van der Waals surface area contributed by atoms with Gasteiger partial charge in [-0.2, -0.15) is 10.0 Å². The molecular weight excluding hydrogens is 421 g/mol. The molecule has 2 aromatic carbocycles. The van der Waals surface area contributed by atoms with Crippen LogP contribution in [0, 0.1) is 0 Å². The Morgan fingerprint density at radius 1 is 0.848 bits per heavy atom. The van der Waals surface area contributed by atoms with E-state index in [1.165, 1.54) is 58.2 Å². The van der Waals surface area contributed by atoms with E-state index in [1.807, 2.05) is 0 Å². The van der Waals surface area contributed by atoms with Crippen molar-refractivity contribution in [2.24, 2.45) is 0 Å². The molecule has 5 heteroatoms. The number of fused-ring (bicyclic) bond motifs is 9. The summed E-state index contributed by atoms with van der Waals surface area (Å²) < 4.78 is 0. The molecule has 0 amide bonds. The molecule has 4 fully saturated rings. The van der Waals surface area contributed by atoms with Crippen LogP contribution in [0.3, 0.4) is 0 Å². The fourth-order valence-electron chi connectivity index (χ4n) is 8.88. The van der Waals surface area contributed by atoms with E-state index in [9.17, 15) is 0 Å². The van der Waals surface area contributed by atoms with Crippen LogP contribution >= 0.6 is 10.0 Å². The molecule has 0 bridgehead atoms. The second-order valence-corrected chi connectivity index (χ2v) is 14.8. The summed E-state index contributed by atoms with van der Waals surface area (Å²) >= 11 is 0. The Balaban J connectivity index is 1.48. The van der Waals surface area contributed by atoms with Gasteiger partial charge < -0.3 is 10.6 Å². The van der Waals surface area contributed by atoms with Crippen molar-refractivity contribution in [2.75, 3.05) is 26.7 Å². The van der Waals surface area contributed by atoms with Crippen molar-refractivity contribution in [2.45, 2.75) is 77.1 Å². The standard InChI is InChI=1S/C28H38BN3S/c1-32-19-9-14-23-28(32)33(24-15-6-5-12-21(24)26-25(33)16-8-17-30-26)27-22(13-7-18-31-27)29(23)20-10-3-2-4-11-20/h2-6,10-12,15,22-23,25-28,30-31H,7-9,13-14,16-19H2,1H3. The van der Waals surface area contributed by atoms with Crippen molar-refractivity contribution in [3.8, 4) is 0 Å². The Morgan fingerprint density at radius 3 is 2.52 bits per heavy atom. The Kier molecular flexibility index (Phi) is 5.20. The summed E-state index contributed by atoms with van der Waals surface area (Å²) in [6.07, 6.45) is 8.23. The quantitative estimate of drug-likeness (QED) is 0.612.